The lowest BCUT2D eigenvalue weighted by atomic mass is 10.0. The van der Waals surface area contributed by atoms with E-state index in [4.69, 9.17) is 14.6 Å². The standard InChI is InChI=1S/C18H17NO5/c20-17(8-12-4-2-1-3-5-12)19-14(10-18(21)22)13-6-7-15-16(9-13)24-11-23-15/h1-7,9,14H,8,10-11H2,(H,19,20)(H,21,22)/t14-/m1/s1. The van der Waals surface area contributed by atoms with Gasteiger partial charge in [-0.1, -0.05) is 36.4 Å². The maximum atomic E-state index is 12.3. The molecule has 1 amide bonds. The number of hydrogen-bond donors (Lipinski definition) is 2. The molecule has 3 rings (SSSR count). The second-order valence-electron chi connectivity index (χ2n) is 5.49. The van der Waals surface area contributed by atoms with Crippen LogP contribution >= 0.6 is 0 Å². The van der Waals surface area contributed by atoms with E-state index in [1.165, 1.54) is 0 Å². The van der Waals surface area contributed by atoms with E-state index < -0.39 is 12.0 Å². The van der Waals surface area contributed by atoms with Crippen LogP contribution in [-0.4, -0.2) is 23.8 Å². The predicted molar refractivity (Wildman–Crippen MR) is 85.8 cm³/mol. The molecule has 0 saturated carbocycles. The van der Waals surface area contributed by atoms with Gasteiger partial charge in [0.05, 0.1) is 18.9 Å². The largest absolute Gasteiger partial charge is 0.481 e. The van der Waals surface area contributed by atoms with E-state index in [0.717, 1.165) is 5.56 Å². The molecule has 6 nitrogen and oxygen atoms in total. The van der Waals surface area contributed by atoms with Gasteiger partial charge in [-0.15, -0.1) is 0 Å². The van der Waals surface area contributed by atoms with Crippen molar-refractivity contribution in [2.45, 2.75) is 18.9 Å². The highest BCUT2D eigenvalue weighted by Gasteiger charge is 2.21. The molecule has 2 N–H and O–H groups in total. The van der Waals surface area contributed by atoms with Gasteiger partial charge in [0.2, 0.25) is 12.7 Å². The Hall–Kier alpha value is -3.02. The molecule has 0 unspecified atom stereocenters. The Bertz CT molecular complexity index is 744. The molecule has 1 atom stereocenters. The van der Waals surface area contributed by atoms with Gasteiger partial charge in [-0.05, 0) is 23.3 Å². The molecular formula is C18H17NO5. The number of amides is 1. The van der Waals surface area contributed by atoms with Crippen LogP contribution in [0.15, 0.2) is 48.5 Å². The van der Waals surface area contributed by atoms with Crippen molar-refractivity contribution in [3.8, 4) is 11.5 Å². The molecule has 6 heteroatoms. The van der Waals surface area contributed by atoms with E-state index in [-0.39, 0.29) is 25.5 Å². The highest BCUT2D eigenvalue weighted by molar-refractivity contribution is 5.80. The fourth-order valence-corrected chi connectivity index (χ4v) is 2.58. The first kappa shape index (κ1) is 15.9. The number of carbonyl (C=O) groups is 2. The second-order valence-corrected chi connectivity index (χ2v) is 5.49. The third-order valence-electron chi connectivity index (χ3n) is 3.72. The SMILES string of the molecule is O=C(O)C[C@@H](NC(=O)Cc1ccccc1)c1ccc2c(c1)OCO2. The summed E-state index contributed by atoms with van der Waals surface area (Å²) in [4.78, 5) is 23.4. The first-order valence-corrected chi connectivity index (χ1v) is 7.56. The smallest absolute Gasteiger partial charge is 0.305 e. The Labute approximate surface area is 139 Å². The quantitative estimate of drug-likeness (QED) is 0.850. The van der Waals surface area contributed by atoms with Gasteiger partial charge in [-0.3, -0.25) is 9.59 Å². The molecule has 0 radical (unpaired) electrons. The average Bonchev–Trinajstić information content (AvgIpc) is 3.02. The van der Waals surface area contributed by atoms with Crippen molar-refractivity contribution in [2.24, 2.45) is 0 Å². The third kappa shape index (κ3) is 3.84. The van der Waals surface area contributed by atoms with Crippen molar-refractivity contribution in [3.63, 3.8) is 0 Å². The van der Waals surface area contributed by atoms with Crippen LogP contribution in [0, 0.1) is 0 Å². The monoisotopic (exact) mass is 327 g/mol. The van der Waals surface area contributed by atoms with Crippen molar-refractivity contribution in [2.75, 3.05) is 6.79 Å². The average molecular weight is 327 g/mol. The number of rotatable bonds is 6. The molecule has 1 aliphatic heterocycles. The lowest BCUT2D eigenvalue weighted by Crippen LogP contribution is -2.31. The number of carboxylic acids is 1. The number of carbonyl (C=O) groups excluding carboxylic acids is 1. The van der Waals surface area contributed by atoms with E-state index in [9.17, 15) is 9.59 Å². The van der Waals surface area contributed by atoms with E-state index in [1.54, 1.807) is 18.2 Å². The number of hydrogen-bond acceptors (Lipinski definition) is 4. The first-order chi connectivity index (χ1) is 11.6. The van der Waals surface area contributed by atoms with Crippen molar-refractivity contribution < 1.29 is 24.2 Å². The summed E-state index contributed by atoms with van der Waals surface area (Å²) in [7, 11) is 0. The van der Waals surface area contributed by atoms with Crippen LogP contribution in [0.4, 0.5) is 0 Å². The molecule has 0 aromatic heterocycles. The highest BCUT2D eigenvalue weighted by atomic mass is 16.7. The molecule has 1 heterocycles. The molecule has 1 aliphatic rings. The van der Waals surface area contributed by atoms with Gasteiger partial charge in [0.15, 0.2) is 11.5 Å². The second kappa shape index (κ2) is 7.04. The predicted octanol–water partition coefficient (Wildman–Crippen LogP) is 2.29. The topological polar surface area (TPSA) is 84.9 Å². The molecule has 124 valence electrons. The van der Waals surface area contributed by atoms with E-state index in [1.807, 2.05) is 30.3 Å². The lowest BCUT2D eigenvalue weighted by Gasteiger charge is -2.18. The van der Waals surface area contributed by atoms with Gasteiger partial charge in [0.1, 0.15) is 0 Å². The molecule has 2 aromatic rings. The van der Waals surface area contributed by atoms with Crippen LogP contribution in [0.1, 0.15) is 23.6 Å². The Morgan fingerprint density at radius 3 is 2.58 bits per heavy atom. The van der Waals surface area contributed by atoms with Gasteiger partial charge >= 0.3 is 5.97 Å². The summed E-state index contributed by atoms with van der Waals surface area (Å²) in [6.07, 6.45) is -0.0122. The maximum Gasteiger partial charge on any atom is 0.305 e. The molecule has 24 heavy (non-hydrogen) atoms. The molecule has 0 saturated heterocycles. The van der Waals surface area contributed by atoms with Crippen molar-refractivity contribution in [1.29, 1.82) is 0 Å². The minimum atomic E-state index is -0.988. The molecule has 2 aromatic carbocycles. The van der Waals surface area contributed by atoms with E-state index in [2.05, 4.69) is 5.32 Å². The summed E-state index contributed by atoms with van der Waals surface area (Å²) in [5.74, 6) is -0.0496. The Morgan fingerprint density at radius 1 is 1.08 bits per heavy atom. The van der Waals surface area contributed by atoms with Gasteiger partial charge < -0.3 is 19.9 Å². The van der Waals surface area contributed by atoms with Gasteiger partial charge in [-0.2, -0.15) is 0 Å². The molecule has 0 fully saturated rings. The Morgan fingerprint density at radius 2 is 1.83 bits per heavy atom. The summed E-state index contributed by atoms with van der Waals surface area (Å²) in [5, 5.41) is 11.9. The summed E-state index contributed by atoms with van der Waals surface area (Å²) in [5.41, 5.74) is 1.54. The van der Waals surface area contributed by atoms with Crippen LogP contribution in [0.5, 0.6) is 11.5 Å². The minimum Gasteiger partial charge on any atom is -0.481 e. The van der Waals surface area contributed by atoms with Crippen molar-refractivity contribution in [1.82, 2.24) is 5.32 Å². The molecular weight excluding hydrogens is 310 g/mol. The first-order valence-electron chi connectivity index (χ1n) is 7.56. The summed E-state index contributed by atoms with van der Waals surface area (Å²) >= 11 is 0. The molecule has 0 bridgehead atoms. The van der Waals surface area contributed by atoms with E-state index in [0.29, 0.717) is 17.1 Å². The van der Waals surface area contributed by atoms with Gasteiger partial charge in [-0.25, -0.2) is 0 Å². The fourth-order valence-electron chi connectivity index (χ4n) is 2.58. The number of fused-ring (bicyclic) bond motifs is 1. The van der Waals surface area contributed by atoms with Crippen molar-refractivity contribution >= 4 is 11.9 Å². The third-order valence-corrected chi connectivity index (χ3v) is 3.72. The van der Waals surface area contributed by atoms with Crippen molar-refractivity contribution in [3.05, 3.63) is 59.7 Å². The van der Waals surface area contributed by atoms with E-state index >= 15 is 0 Å². The van der Waals surface area contributed by atoms with Crippen LogP contribution in [0.2, 0.25) is 0 Å². The number of aliphatic carboxylic acids is 1. The zero-order valence-corrected chi connectivity index (χ0v) is 12.9. The van der Waals surface area contributed by atoms with Gasteiger partial charge in [0.25, 0.3) is 0 Å². The number of nitrogens with one attached hydrogen (secondary N) is 1. The zero-order valence-electron chi connectivity index (χ0n) is 12.9. The van der Waals surface area contributed by atoms with Crippen LogP contribution < -0.4 is 14.8 Å². The fraction of sp³-hybridized carbons (Fsp3) is 0.222. The normalized spacial score (nSPS) is 13.3. The highest BCUT2D eigenvalue weighted by Crippen LogP contribution is 2.34. The number of carboxylic acid groups (broad SMARTS) is 1. The van der Waals surface area contributed by atoms with Gasteiger partial charge in [0, 0.05) is 0 Å². The Kier molecular flexibility index (Phi) is 4.65. The zero-order chi connectivity index (χ0) is 16.9. The number of benzene rings is 2. The summed E-state index contributed by atoms with van der Waals surface area (Å²) in [6.45, 7) is 0.142. The van der Waals surface area contributed by atoms with Crippen LogP contribution in [0.3, 0.4) is 0 Å². The molecule has 0 spiro atoms. The Balaban J connectivity index is 1.74. The lowest BCUT2D eigenvalue weighted by molar-refractivity contribution is -0.137. The summed E-state index contributed by atoms with van der Waals surface area (Å²) < 4.78 is 10.6. The van der Waals surface area contributed by atoms with Crippen LogP contribution in [-0.2, 0) is 16.0 Å². The maximum absolute atomic E-state index is 12.3. The summed E-state index contributed by atoms with van der Waals surface area (Å²) in [6, 6.07) is 13.8. The molecule has 0 aliphatic carbocycles. The minimum absolute atomic E-state index is 0.142. The number of ether oxygens (including phenoxy) is 2. The van der Waals surface area contributed by atoms with Crippen LogP contribution in [0.25, 0.3) is 0 Å².